The van der Waals surface area contributed by atoms with Crippen molar-refractivity contribution in [1.29, 1.82) is 0 Å². The van der Waals surface area contributed by atoms with Crippen molar-refractivity contribution < 1.29 is 4.42 Å². The van der Waals surface area contributed by atoms with E-state index in [2.05, 4.69) is 32.5 Å². The van der Waals surface area contributed by atoms with Gasteiger partial charge in [0.1, 0.15) is 10.8 Å². The lowest BCUT2D eigenvalue weighted by molar-refractivity contribution is 0.228. The first-order valence-corrected chi connectivity index (χ1v) is 9.50. The van der Waals surface area contributed by atoms with E-state index in [9.17, 15) is 4.79 Å². The minimum absolute atomic E-state index is 0.138. The fraction of sp³-hybridized carbons (Fsp3) is 0.235. The Kier molecular flexibility index (Phi) is 4.48. The molecule has 128 valence electrons. The van der Waals surface area contributed by atoms with E-state index in [1.165, 1.54) is 26.8 Å². The van der Waals surface area contributed by atoms with E-state index in [4.69, 9.17) is 4.42 Å². The lowest BCUT2D eigenvalue weighted by atomic mass is 10.3. The molecule has 0 aliphatic heterocycles. The van der Waals surface area contributed by atoms with Gasteiger partial charge in [0.05, 0.1) is 19.4 Å². The van der Waals surface area contributed by atoms with E-state index in [1.54, 1.807) is 17.6 Å². The van der Waals surface area contributed by atoms with Crippen LogP contribution < -0.4 is 5.56 Å². The highest BCUT2D eigenvalue weighted by Gasteiger charge is 2.15. The maximum atomic E-state index is 12.1. The third kappa shape index (κ3) is 3.71. The summed E-state index contributed by atoms with van der Waals surface area (Å²) < 4.78 is 6.87. The maximum absolute atomic E-state index is 12.1. The first kappa shape index (κ1) is 16.2. The Bertz CT molecular complexity index is 983. The molecule has 0 N–H and O–H groups in total. The highest BCUT2D eigenvalue weighted by molar-refractivity contribution is 7.16. The van der Waals surface area contributed by atoms with Crippen molar-refractivity contribution in [2.24, 2.45) is 0 Å². The number of furan rings is 1. The van der Waals surface area contributed by atoms with Crippen LogP contribution in [0.5, 0.6) is 0 Å². The molecule has 0 aromatic carbocycles. The zero-order chi connectivity index (χ0) is 17.2. The summed E-state index contributed by atoms with van der Waals surface area (Å²) in [5.74, 6) is 0.906. The third-order valence-corrected chi connectivity index (χ3v) is 5.45. The molecule has 0 unspecified atom stereocenters. The van der Waals surface area contributed by atoms with Crippen LogP contribution in [0.1, 0.15) is 21.3 Å². The molecule has 0 amide bonds. The molecular formula is C17H16N4O2S2. The summed E-state index contributed by atoms with van der Waals surface area (Å²) in [6, 6.07) is 9.53. The molecule has 0 saturated carbocycles. The van der Waals surface area contributed by atoms with Crippen molar-refractivity contribution in [3.05, 3.63) is 73.7 Å². The number of nitrogens with zero attached hydrogens (tertiary/aromatic N) is 4. The number of thiophene rings is 1. The van der Waals surface area contributed by atoms with Gasteiger partial charge < -0.3 is 4.42 Å². The van der Waals surface area contributed by atoms with Crippen molar-refractivity contribution in [2.45, 2.75) is 26.6 Å². The lowest BCUT2D eigenvalue weighted by Gasteiger charge is -2.18. The standard InChI is InChI=1S/C17H16N4O2S2/c1-12-8-16(22)21-17(18-12)25-15(19-21)11-20(9-13-4-2-6-23-13)10-14-5-3-7-24-14/h2-8H,9-11H2,1H3. The van der Waals surface area contributed by atoms with Crippen LogP contribution in [0.15, 0.2) is 51.2 Å². The summed E-state index contributed by atoms with van der Waals surface area (Å²) in [6.07, 6.45) is 1.68. The average molecular weight is 372 g/mol. The van der Waals surface area contributed by atoms with Crippen LogP contribution in [-0.2, 0) is 19.6 Å². The van der Waals surface area contributed by atoms with E-state index in [0.717, 1.165) is 17.3 Å². The summed E-state index contributed by atoms with van der Waals surface area (Å²) in [5, 5.41) is 7.38. The van der Waals surface area contributed by atoms with Crippen LogP contribution in [-0.4, -0.2) is 19.5 Å². The molecule has 0 spiro atoms. The summed E-state index contributed by atoms with van der Waals surface area (Å²) in [7, 11) is 0. The molecule has 0 atom stereocenters. The second kappa shape index (κ2) is 6.91. The number of hydrogen-bond acceptors (Lipinski definition) is 7. The zero-order valence-corrected chi connectivity index (χ0v) is 15.2. The molecule has 0 fully saturated rings. The SMILES string of the molecule is Cc1cc(=O)n2nc(CN(Cc3ccco3)Cc3cccs3)sc2n1. The van der Waals surface area contributed by atoms with E-state index < -0.39 is 0 Å². The number of fused-ring (bicyclic) bond motifs is 1. The van der Waals surface area contributed by atoms with Gasteiger partial charge in [0.15, 0.2) is 0 Å². The van der Waals surface area contributed by atoms with E-state index in [-0.39, 0.29) is 5.56 Å². The molecule has 0 bridgehead atoms. The smallest absolute Gasteiger partial charge is 0.275 e. The lowest BCUT2D eigenvalue weighted by Crippen LogP contribution is -2.22. The van der Waals surface area contributed by atoms with Gasteiger partial charge in [-0.25, -0.2) is 4.98 Å². The zero-order valence-electron chi connectivity index (χ0n) is 13.6. The molecule has 0 aliphatic carbocycles. The highest BCUT2D eigenvalue weighted by atomic mass is 32.1. The van der Waals surface area contributed by atoms with Gasteiger partial charge in [-0.05, 0) is 30.5 Å². The Hall–Kier alpha value is -2.29. The molecule has 4 aromatic rings. The quantitative estimate of drug-likeness (QED) is 0.519. The Morgan fingerprint density at radius 1 is 1.24 bits per heavy atom. The molecule has 4 heterocycles. The highest BCUT2D eigenvalue weighted by Crippen LogP contribution is 2.19. The van der Waals surface area contributed by atoms with E-state index in [1.807, 2.05) is 19.1 Å². The molecule has 8 heteroatoms. The van der Waals surface area contributed by atoms with Crippen molar-refractivity contribution in [3.63, 3.8) is 0 Å². The van der Waals surface area contributed by atoms with Crippen molar-refractivity contribution in [2.75, 3.05) is 0 Å². The number of hydrogen-bond donors (Lipinski definition) is 0. The molecule has 25 heavy (non-hydrogen) atoms. The first-order chi connectivity index (χ1) is 12.2. The molecule has 0 saturated heterocycles. The van der Waals surface area contributed by atoms with Crippen LogP contribution in [0.2, 0.25) is 0 Å². The number of rotatable bonds is 6. The van der Waals surface area contributed by atoms with Gasteiger partial charge in [-0.1, -0.05) is 17.4 Å². The second-order valence-corrected chi connectivity index (χ2v) is 7.80. The Balaban J connectivity index is 1.61. The van der Waals surface area contributed by atoms with Gasteiger partial charge in [-0.2, -0.15) is 9.61 Å². The average Bonchev–Trinajstić information content (AvgIpc) is 3.29. The van der Waals surface area contributed by atoms with Gasteiger partial charge in [0, 0.05) is 23.2 Å². The molecule has 0 radical (unpaired) electrons. The number of aryl methyl sites for hydroxylation is 1. The van der Waals surface area contributed by atoms with E-state index in [0.29, 0.717) is 23.7 Å². The van der Waals surface area contributed by atoms with Crippen LogP contribution in [0.4, 0.5) is 0 Å². The van der Waals surface area contributed by atoms with E-state index >= 15 is 0 Å². The van der Waals surface area contributed by atoms with Gasteiger partial charge in [0.25, 0.3) is 5.56 Å². The van der Waals surface area contributed by atoms with Crippen molar-refractivity contribution in [1.82, 2.24) is 19.5 Å². The molecule has 4 rings (SSSR count). The van der Waals surface area contributed by atoms with Crippen molar-refractivity contribution >= 4 is 27.6 Å². The van der Waals surface area contributed by atoms with Crippen LogP contribution in [0, 0.1) is 6.92 Å². The van der Waals surface area contributed by atoms with Gasteiger partial charge in [-0.3, -0.25) is 9.69 Å². The fourth-order valence-corrected chi connectivity index (χ4v) is 4.36. The largest absolute Gasteiger partial charge is 0.468 e. The summed E-state index contributed by atoms with van der Waals surface area (Å²) in [6.45, 7) is 3.93. The predicted octanol–water partition coefficient (Wildman–Crippen LogP) is 3.32. The Morgan fingerprint density at radius 2 is 2.16 bits per heavy atom. The van der Waals surface area contributed by atoms with Crippen LogP contribution in [0.3, 0.4) is 0 Å². The minimum atomic E-state index is -0.138. The van der Waals surface area contributed by atoms with Gasteiger partial charge in [0.2, 0.25) is 4.96 Å². The van der Waals surface area contributed by atoms with Crippen LogP contribution >= 0.6 is 22.7 Å². The van der Waals surface area contributed by atoms with Crippen molar-refractivity contribution in [3.8, 4) is 0 Å². The molecule has 4 aromatic heterocycles. The number of aromatic nitrogens is 3. The second-order valence-electron chi connectivity index (χ2n) is 5.73. The first-order valence-electron chi connectivity index (χ1n) is 7.81. The summed E-state index contributed by atoms with van der Waals surface area (Å²) in [4.78, 5) is 20.6. The van der Waals surface area contributed by atoms with Gasteiger partial charge in [-0.15, -0.1) is 11.3 Å². The Labute approximate surface area is 152 Å². The molecule has 6 nitrogen and oxygen atoms in total. The minimum Gasteiger partial charge on any atom is -0.468 e. The molecule has 0 aliphatic rings. The topological polar surface area (TPSA) is 63.6 Å². The maximum Gasteiger partial charge on any atom is 0.275 e. The predicted molar refractivity (Wildman–Crippen MR) is 97.8 cm³/mol. The fourth-order valence-electron chi connectivity index (χ4n) is 2.63. The Morgan fingerprint density at radius 3 is 2.92 bits per heavy atom. The summed E-state index contributed by atoms with van der Waals surface area (Å²) in [5.41, 5.74) is 0.576. The monoisotopic (exact) mass is 372 g/mol. The van der Waals surface area contributed by atoms with Crippen LogP contribution in [0.25, 0.3) is 4.96 Å². The summed E-state index contributed by atoms with van der Waals surface area (Å²) >= 11 is 3.18. The third-order valence-electron chi connectivity index (χ3n) is 3.69. The van der Waals surface area contributed by atoms with Gasteiger partial charge >= 0.3 is 0 Å². The molecular weight excluding hydrogens is 356 g/mol. The normalized spacial score (nSPS) is 11.6.